The van der Waals surface area contributed by atoms with E-state index in [0.29, 0.717) is 12.2 Å². The Balaban J connectivity index is 1.64. The molecule has 0 aliphatic heterocycles. The molecule has 126 valence electrons. The van der Waals surface area contributed by atoms with Crippen LogP contribution in [0.2, 0.25) is 0 Å². The van der Waals surface area contributed by atoms with Crippen LogP contribution in [0.25, 0.3) is 0 Å². The number of benzene rings is 1. The normalized spacial score (nSPS) is 10.3. The fourth-order valence-corrected chi connectivity index (χ4v) is 2.40. The van der Waals surface area contributed by atoms with Crippen molar-refractivity contribution in [3.8, 4) is 0 Å². The maximum Gasteiger partial charge on any atom is 0.270 e. The molecule has 0 atom stereocenters. The molecule has 5 heteroatoms. The first-order chi connectivity index (χ1) is 12.2. The van der Waals surface area contributed by atoms with Crippen molar-refractivity contribution in [2.24, 2.45) is 0 Å². The predicted molar refractivity (Wildman–Crippen MR) is 98.7 cm³/mol. The number of nitrogens with zero attached hydrogens (tertiary/aromatic N) is 2. The van der Waals surface area contributed by atoms with E-state index in [1.165, 1.54) is 5.56 Å². The largest absolute Gasteiger partial charge is 0.355 e. The van der Waals surface area contributed by atoms with Crippen molar-refractivity contribution in [3.63, 3.8) is 0 Å². The van der Waals surface area contributed by atoms with Gasteiger partial charge in [-0.15, -0.1) is 0 Å². The van der Waals surface area contributed by atoms with E-state index < -0.39 is 0 Å². The number of pyridine rings is 2. The lowest BCUT2D eigenvalue weighted by atomic mass is 10.1. The minimum atomic E-state index is -0.207. The number of hydrogen-bond acceptors (Lipinski definition) is 4. The average Bonchev–Trinajstić information content (AvgIpc) is 2.68. The quantitative estimate of drug-likeness (QED) is 0.722. The molecule has 0 aliphatic carbocycles. The first kappa shape index (κ1) is 16.6. The zero-order valence-electron chi connectivity index (χ0n) is 14.1. The number of aryl methyl sites for hydroxylation is 1. The third-order valence-corrected chi connectivity index (χ3v) is 3.85. The smallest absolute Gasteiger partial charge is 0.270 e. The van der Waals surface area contributed by atoms with Crippen LogP contribution in [0.1, 0.15) is 28.5 Å². The van der Waals surface area contributed by atoms with Gasteiger partial charge in [-0.05, 0) is 53.9 Å². The first-order valence-electron chi connectivity index (χ1n) is 8.23. The highest BCUT2D eigenvalue weighted by Gasteiger charge is 2.08. The molecular weight excluding hydrogens is 312 g/mol. The number of nitrogens with one attached hydrogen (secondary N) is 2. The Bertz CT molecular complexity index is 832. The van der Waals surface area contributed by atoms with Crippen molar-refractivity contribution in [2.75, 3.05) is 5.32 Å². The molecule has 1 aromatic carbocycles. The first-order valence-corrected chi connectivity index (χ1v) is 8.23. The van der Waals surface area contributed by atoms with Gasteiger partial charge in [0.15, 0.2) is 0 Å². The molecule has 0 fully saturated rings. The number of amides is 1. The van der Waals surface area contributed by atoms with Gasteiger partial charge in [-0.3, -0.25) is 14.8 Å². The highest BCUT2D eigenvalue weighted by Crippen LogP contribution is 2.17. The van der Waals surface area contributed by atoms with Crippen molar-refractivity contribution in [1.82, 2.24) is 15.3 Å². The van der Waals surface area contributed by atoms with E-state index in [1.54, 1.807) is 24.7 Å². The summed E-state index contributed by atoms with van der Waals surface area (Å²) in [7, 11) is 0. The summed E-state index contributed by atoms with van der Waals surface area (Å²) in [4.78, 5) is 20.4. The van der Waals surface area contributed by atoms with Crippen molar-refractivity contribution in [2.45, 2.75) is 19.9 Å². The van der Waals surface area contributed by atoms with Crippen LogP contribution < -0.4 is 10.6 Å². The van der Waals surface area contributed by atoms with Gasteiger partial charge in [-0.25, -0.2) is 0 Å². The number of rotatable bonds is 6. The fraction of sp³-hybridized carbons (Fsp3) is 0.150. The van der Waals surface area contributed by atoms with Crippen LogP contribution >= 0.6 is 0 Å². The lowest BCUT2D eigenvalue weighted by Crippen LogP contribution is -2.23. The van der Waals surface area contributed by atoms with Crippen molar-refractivity contribution < 1.29 is 4.79 Å². The summed E-state index contributed by atoms with van der Waals surface area (Å²) in [6.45, 7) is 2.57. The van der Waals surface area contributed by atoms with Crippen LogP contribution in [0.15, 0.2) is 67.1 Å². The third-order valence-electron chi connectivity index (χ3n) is 3.85. The highest BCUT2D eigenvalue weighted by molar-refractivity contribution is 5.93. The van der Waals surface area contributed by atoms with Gasteiger partial charge >= 0.3 is 0 Å². The molecule has 0 radical (unpaired) electrons. The number of carbonyl (C=O) groups excluding carboxylic acids is 1. The second-order valence-electron chi connectivity index (χ2n) is 5.64. The van der Waals surface area contributed by atoms with E-state index >= 15 is 0 Å². The average molecular weight is 332 g/mol. The molecule has 2 aromatic heterocycles. The molecule has 0 unspecified atom stereocenters. The Morgan fingerprint density at radius 3 is 2.40 bits per heavy atom. The molecule has 2 heterocycles. The summed E-state index contributed by atoms with van der Waals surface area (Å²) < 4.78 is 0. The molecule has 5 nitrogen and oxygen atoms in total. The number of aromatic nitrogens is 2. The third kappa shape index (κ3) is 4.64. The van der Waals surface area contributed by atoms with Crippen LogP contribution in [-0.2, 0) is 13.0 Å². The molecule has 3 rings (SSSR count). The van der Waals surface area contributed by atoms with Gasteiger partial charge < -0.3 is 10.6 Å². The fourth-order valence-electron chi connectivity index (χ4n) is 2.40. The van der Waals surface area contributed by atoms with E-state index in [4.69, 9.17) is 0 Å². The second-order valence-corrected chi connectivity index (χ2v) is 5.64. The predicted octanol–water partition coefficient (Wildman–Crippen LogP) is 3.71. The second kappa shape index (κ2) is 8.06. The van der Waals surface area contributed by atoms with E-state index in [9.17, 15) is 4.79 Å². The molecule has 0 aliphatic rings. The summed E-state index contributed by atoms with van der Waals surface area (Å²) in [5, 5.41) is 6.16. The van der Waals surface area contributed by atoms with Crippen molar-refractivity contribution >= 4 is 17.3 Å². The number of anilines is 2. The van der Waals surface area contributed by atoms with Gasteiger partial charge in [0.1, 0.15) is 5.69 Å². The van der Waals surface area contributed by atoms with Crippen LogP contribution in [-0.4, -0.2) is 15.9 Å². The Morgan fingerprint density at radius 2 is 1.68 bits per heavy atom. The number of hydrogen-bond donors (Lipinski definition) is 2. The van der Waals surface area contributed by atoms with E-state index in [1.807, 2.05) is 30.3 Å². The molecule has 0 bridgehead atoms. The number of carbonyl (C=O) groups is 1. The van der Waals surface area contributed by atoms with E-state index in [-0.39, 0.29) is 5.91 Å². The van der Waals surface area contributed by atoms with Crippen LogP contribution in [0.3, 0.4) is 0 Å². The summed E-state index contributed by atoms with van der Waals surface area (Å²) in [6, 6.07) is 15.6. The molecule has 1 amide bonds. The minimum absolute atomic E-state index is 0.207. The molecule has 25 heavy (non-hydrogen) atoms. The minimum Gasteiger partial charge on any atom is -0.355 e. The van der Waals surface area contributed by atoms with E-state index in [2.05, 4.69) is 39.7 Å². The van der Waals surface area contributed by atoms with Crippen molar-refractivity contribution in [1.29, 1.82) is 0 Å². The Labute approximate surface area is 147 Å². The van der Waals surface area contributed by atoms with Gasteiger partial charge in [0.2, 0.25) is 0 Å². The molecule has 0 saturated carbocycles. The SMILES string of the molecule is CCc1ccc(Nc2ccnc(C(=O)NCc3ccncc3)c2)cc1. The molecular formula is C20H20N4O. The van der Waals surface area contributed by atoms with Gasteiger partial charge in [0.25, 0.3) is 5.91 Å². The Kier molecular flexibility index (Phi) is 5.36. The van der Waals surface area contributed by atoms with E-state index in [0.717, 1.165) is 23.4 Å². The summed E-state index contributed by atoms with van der Waals surface area (Å²) in [5.74, 6) is -0.207. The maximum atomic E-state index is 12.3. The van der Waals surface area contributed by atoms with Gasteiger partial charge in [0.05, 0.1) is 0 Å². The van der Waals surface area contributed by atoms with Crippen LogP contribution in [0.4, 0.5) is 11.4 Å². The highest BCUT2D eigenvalue weighted by atomic mass is 16.1. The Morgan fingerprint density at radius 1 is 0.920 bits per heavy atom. The van der Waals surface area contributed by atoms with Crippen molar-refractivity contribution in [3.05, 3.63) is 83.9 Å². The zero-order chi connectivity index (χ0) is 17.5. The lowest BCUT2D eigenvalue weighted by molar-refractivity contribution is 0.0946. The monoisotopic (exact) mass is 332 g/mol. The van der Waals surface area contributed by atoms with Crippen LogP contribution in [0.5, 0.6) is 0 Å². The Hall–Kier alpha value is -3.21. The summed E-state index contributed by atoms with van der Waals surface area (Å²) in [5.41, 5.74) is 4.47. The molecule has 3 aromatic rings. The molecule has 0 spiro atoms. The van der Waals surface area contributed by atoms with Crippen LogP contribution in [0, 0.1) is 0 Å². The van der Waals surface area contributed by atoms with Gasteiger partial charge in [-0.1, -0.05) is 19.1 Å². The maximum absolute atomic E-state index is 12.3. The zero-order valence-corrected chi connectivity index (χ0v) is 14.1. The standard InChI is InChI=1S/C20H20N4O/c1-2-15-3-5-17(6-4-15)24-18-9-12-22-19(13-18)20(25)23-14-16-7-10-21-11-8-16/h3-13H,2,14H2,1H3,(H,22,24)(H,23,25). The molecule has 2 N–H and O–H groups in total. The van der Waals surface area contributed by atoms with Gasteiger partial charge in [0, 0.05) is 36.5 Å². The lowest BCUT2D eigenvalue weighted by Gasteiger charge is -2.09. The summed E-state index contributed by atoms with van der Waals surface area (Å²) >= 11 is 0. The topological polar surface area (TPSA) is 66.9 Å². The molecule has 0 saturated heterocycles. The summed E-state index contributed by atoms with van der Waals surface area (Å²) in [6.07, 6.45) is 6.05. The van der Waals surface area contributed by atoms with Gasteiger partial charge in [-0.2, -0.15) is 0 Å².